The first-order valence-corrected chi connectivity index (χ1v) is 7.01. The monoisotopic (exact) mass is 284 g/mol. The van der Waals surface area contributed by atoms with Crippen LogP contribution in [0.4, 0.5) is 17.3 Å². The summed E-state index contributed by atoms with van der Waals surface area (Å²) in [7, 11) is 1.91. The van der Waals surface area contributed by atoms with Crippen molar-refractivity contribution in [3.63, 3.8) is 0 Å². The molecule has 0 aliphatic rings. The summed E-state index contributed by atoms with van der Waals surface area (Å²) in [5.41, 5.74) is 10.7. The highest BCUT2D eigenvalue weighted by Gasteiger charge is 2.12. The Kier molecular flexibility index (Phi) is 3.08. The molecule has 0 radical (unpaired) electrons. The van der Waals surface area contributed by atoms with E-state index in [4.69, 9.17) is 5.73 Å². The van der Waals surface area contributed by atoms with E-state index in [2.05, 4.69) is 29.2 Å². The summed E-state index contributed by atoms with van der Waals surface area (Å²) in [5, 5.41) is 7.93. The van der Waals surface area contributed by atoms with E-state index in [0.717, 1.165) is 28.1 Å². The van der Waals surface area contributed by atoms with Gasteiger partial charge in [0.15, 0.2) is 0 Å². The molecule has 0 unspecified atom stereocenters. The molecule has 3 N–H and O–H groups in total. The molecule has 0 saturated carbocycles. The Labute approximate surface area is 123 Å². The number of imidazole rings is 1. The van der Waals surface area contributed by atoms with Crippen molar-refractivity contribution in [3.05, 3.63) is 30.1 Å². The van der Waals surface area contributed by atoms with Crippen molar-refractivity contribution >= 4 is 28.4 Å². The first-order valence-electron chi connectivity index (χ1n) is 7.01. The lowest BCUT2D eigenvalue weighted by Crippen LogP contribution is -2.00. The highest BCUT2D eigenvalue weighted by atomic mass is 15.3. The number of benzene rings is 1. The van der Waals surface area contributed by atoms with E-state index in [0.29, 0.717) is 12.0 Å². The normalized spacial score (nSPS) is 11.5. The van der Waals surface area contributed by atoms with Crippen LogP contribution < -0.4 is 11.1 Å². The van der Waals surface area contributed by atoms with Gasteiger partial charge in [0, 0.05) is 19.3 Å². The molecule has 110 valence electrons. The smallest absolute Gasteiger partial charge is 0.201 e. The van der Waals surface area contributed by atoms with Gasteiger partial charge in [0.1, 0.15) is 5.52 Å². The van der Waals surface area contributed by atoms with E-state index >= 15 is 0 Å². The summed E-state index contributed by atoms with van der Waals surface area (Å²) in [6.45, 7) is 6.21. The maximum atomic E-state index is 5.90. The van der Waals surface area contributed by atoms with Crippen LogP contribution >= 0.6 is 0 Å². The second-order valence-electron chi connectivity index (χ2n) is 5.53. The third-order valence-corrected chi connectivity index (χ3v) is 3.66. The zero-order valence-corrected chi connectivity index (χ0v) is 12.8. The quantitative estimate of drug-likeness (QED) is 0.775. The average Bonchev–Trinajstić information content (AvgIpc) is 2.94. The number of para-hydroxylation sites is 1. The summed E-state index contributed by atoms with van der Waals surface area (Å²) in [4.78, 5) is 4.43. The van der Waals surface area contributed by atoms with Crippen molar-refractivity contribution in [2.45, 2.75) is 26.8 Å². The Bertz CT molecular complexity index is 796. The minimum absolute atomic E-state index is 0.334. The fraction of sp³-hybridized carbons (Fsp3) is 0.333. The van der Waals surface area contributed by atoms with Crippen LogP contribution in [-0.4, -0.2) is 19.3 Å². The fourth-order valence-corrected chi connectivity index (χ4v) is 2.35. The van der Waals surface area contributed by atoms with Gasteiger partial charge in [-0.25, -0.2) is 4.98 Å². The van der Waals surface area contributed by atoms with Crippen LogP contribution in [0.5, 0.6) is 0 Å². The molecule has 0 aliphatic heterocycles. The highest BCUT2D eigenvalue weighted by Crippen LogP contribution is 2.28. The first kappa shape index (κ1) is 13.5. The van der Waals surface area contributed by atoms with E-state index in [1.54, 1.807) is 0 Å². The van der Waals surface area contributed by atoms with Crippen molar-refractivity contribution in [2.24, 2.45) is 7.05 Å². The molecule has 21 heavy (non-hydrogen) atoms. The maximum absolute atomic E-state index is 5.90. The van der Waals surface area contributed by atoms with Crippen molar-refractivity contribution in [3.8, 4) is 0 Å². The van der Waals surface area contributed by atoms with Gasteiger partial charge < -0.3 is 15.6 Å². The van der Waals surface area contributed by atoms with Gasteiger partial charge >= 0.3 is 0 Å². The predicted octanol–water partition coefficient (Wildman–Crippen LogP) is 2.98. The molecule has 6 nitrogen and oxygen atoms in total. The van der Waals surface area contributed by atoms with Crippen molar-refractivity contribution < 1.29 is 0 Å². The molecule has 2 heterocycles. The number of anilines is 3. The highest BCUT2D eigenvalue weighted by molar-refractivity contribution is 5.92. The molecule has 0 atom stereocenters. The summed E-state index contributed by atoms with van der Waals surface area (Å²) in [5.74, 6) is 0.508. The van der Waals surface area contributed by atoms with Crippen LogP contribution in [0.25, 0.3) is 11.0 Å². The molecule has 3 rings (SSSR count). The van der Waals surface area contributed by atoms with Gasteiger partial charge in [-0.05, 0) is 32.9 Å². The Morgan fingerprint density at radius 1 is 1.24 bits per heavy atom. The molecule has 2 aromatic heterocycles. The number of hydrogen-bond acceptors (Lipinski definition) is 4. The van der Waals surface area contributed by atoms with Gasteiger partial charge in [-0.15, -0.1) is 0 Å². The Balaban J connectivity index is 2.04. The van der Waals surface area contributed by atoms with Gasteiger partial charge in [0.05, 0.1) is 22.6 Å². The van der Waals surface area contributed by atoms with Crippen LogP contribution in [0, 0.1) is 6.92 Å². The Morgan fingerprint density at radius 3 is 2.67 bits per heavy atom. The van der Waals surface area contributed by atoms with E-state index in [1.165, 1.54) is 0 Å². The third-order valence-electron chi connectivity index (χ3n) is 3.66. The molecule has 1 aromatic carbocycles. The standard InChI is InChI=1S/C15H20N6/c1-9(2)21-8-12(10(3)19-21)17-11-6-5-7-13-14(11)18-15(16)20(13)4/h5-9,17H,1-4H3,(H2,16,18). The van der Waals surface area contributed by atoms with E-state index in [-0.39, 0.29) is 0 Å². The lowest BCUT2D eigenvalue weighted by atomic mass is 10.2. The number of nitrogens with one attached hydrogen (secondary N) is 1. The second kappa shape index (κ2) is 4.80. The third kappa shape index (κ3) is 2.22. The van der Waals surface area contributed by atoms with E-state index in [9.17, 15) is 0 Å². The zero-order valence-electron chi connectivity index (χ0n) is 12.8. The number of aryl methyl sites for hydroxylation is 2. The number of fused-ring (bicyclic) bond motifs is 1. The van der Waals surface area contributed by atoms with Gasteiger partial charge in [-0.2, -0.15) is 5.10 Å². The maximum Gasteiger partial charge on any atom is 0.201 e. The first-order chi connectivity index (χ1) is 9.97. The lowest BCUT2D eigenvalue weighted by molar-refractivity contribution is 0.529. The molecule has 3 aromatic rings. The molecule has 0 saturated heterocycles. The van der Waals surface area contributed by atoms with Crippen LogP contribution in [0.15, 0.2) is 24.4 Å². The summed E-state index contributed by atoms with van der Waals surface area (Å²) < 4.78 is 3.83. The fourth-order valence-electron chi connectivity index (χ4n) is 2.35. The van der Waals surface area contributed by atoms with Crippen LogP contribution in [0.2, 0.25) is 0 Å². The second-order valence-corrected chi connectivity index (χ2v) is 5.53. The zero-order chi connectivity index (χ0) is 15.1. The van der Waals surface area contributed by atoms with Crippen LogP contribution in [0.3, 0.4) is 0 Å². The van der Waals surface area contributed by atoms with Crippen LogP contribution in [0.1, 0.15) is 25.6 Å². The SMILES string of the molecule is Cc1nn(C(C)C)cc1Nc1cccc2c1nc(N)n2C. The number of nitrogens with zero attached hydrogens (tertiary/aromatic N) is 4. The Hall–Kier alpha value is -2.50. The van der Waals surface area contributed by atoms with Gasteiger partial charge in [-0.1, -0.05) is 6.07 Å². The molecule has 0 fully saturated rings. The minimum atomic E-state index is 0.334. The number of nitrogen functional groups attached to an aromatic ring is 1. The van der Waals surface area contributed by atoms with Gasteiger partial charge in [-0.3, -0.25) is 4.68 Å². The predicted molar refractivity (Wildman–Crippen MR) is 85.8 cm³/mol. The minimum Gasteiger partial charge on any atom is -0.369 e. The van der Waals surface area contributed by atoms with Crippen molar-refractivity contribution in [1.82, 2.24) is 19.3 Å². The summed E-state index contributed by atoms with van der Waals surface area (Å²) in [6, 6.07) is 6.34. The molecule has 0 aliphatic carbocycles. The Morgan fingerprint density at radius 2 is 2.00 bits per heavy atom. The van der Waals surface area contributed by atoms with Crippen LogP contribution in [-0.2, 0) is 7.05 Å². The molecular formula is C15H20N6. The van der Waals surface area contributed by atoms with Gasteiger partial charge in [0.2, 0.25) is 5.95 Å². The average molecular weight is 284 g/mol. The van der Waals surface area contributed by atoms with E-state index < -0.39 is 0 Å². The van der Waals surface area contributed by atoms with E-state index in [1.807, 2.05) is 47.6 Å². The lowest BCUT2D eigenvalue weighted by Gasteiger charge is -2.06. The molecular weight excluding hydrogens is 264 g/mol. The number of aromatic nitrogens is 4. The molecule has 0 amide bonds. The summed E-state index contributed by atoms with van der Waals surface area (Å²) >= 11 is 0. The summed E-state index contributed by atoms with van der Waals surface area (Å²) in [6.07, 6.45) is 2.02. The molecule has 0 spiro atoms. The number of rotatable bonds is 3. The topological polar surface area (TPSA) is 73.7 Å². The van der Waals surface area contributed by atoms with Crippen molar-refractivity contribution in [1.29, 1.82) is 0 Å². The number of nitrogens with two attached hydrogens (primary N) is 1. The number of hydrogen-bond donors (Lipinski definition) is 2. The van der Waals surface area contributed by atoms with Gasteiger partial charge in [0.25, 0.3) is 0 Å². The largest absolute Gasteiger partial charge is 0.369 e. The van der Waals surface area contributed by atoms with Crippen molar-refractivity contribution in [2.75, 3.05) is 11.1 Å². The molecule has 0 bridgehead atoms. The molecule has 6 heteroatoms.